The van der Waals surface area contributed by atoms with Crippen LogP contribution in [0, 0.1) is 0 Å². The first kappa shape index (κ1) is 13.8. The van der Waals surface area contributed by atoms with Crippen molar-refractivity contribution in [2.45, 2.75) is 19.4 Å². The Kier molecular flexibility index (Phi) is 4.78. The summed E-state index contributed by atoms with van der Waals surface area (Å²) in [6.45, 7) is 1.66. The summed E-state index contributed by atoms with van der Waals surface area (Å²) in [6.07, 6.45) is -0.277. The molecule has 0 spiro atoms. The zero-order valence-electron chi connectivity index (χ0n) is 8.94. The highest BCUT2D eigenvalue weighted by Gasteiger charge is 2.20. The second-order valence-electron chi connectivity index (χ2n) is 3.28. The number of carbonyl (C=O) groups excluding carboxylic acids is 1. The Balaban J connectivity index is 3.12. The molecule has 0 amide bonds. The molecule has 0 fully saturated rings. The van der Waals surface area contributed by atoms with Crippen molar-refractivity contribution in [3.05, 3.63) is 27.7 Å². The summed E-state index contributed by atoms with van der Waals surface area (Å²) in [5.41, 5.74) is 0.127. The van der Waals surface area contributed by atoms with Crippen LogP contribution in [0.1, 0.15) is 23.7 Å². The quantitative estimate of drug-likeness (QED) is 0.840. The lowest BCUT2D eigenvalue weighted by Crippen LogP contribution is -2.26. The van der Waals surface area contributed by atoms with Gasteiger partial charge in [0.15, 0.2) is 12.4 Å². The Hall–Kier alpha value is -1.26. The van der Waals surface area contributed by atoms with Crippen molar-refractivity contribution in [1.29, 1.82) is 0 Å². The van der Waals surface area contributed by atoms with Crippen LogP contribution < -0.4 is 4.74 Å². The van der Waals surface area contributed by atoms with Gasteiger partial charge in [-0.05, 0) is 18.6 Å². The van der Waals surface area contributed by atoms with Crippen molar-refractivity contribution in [3.8, 4) is 5.75 Å². The molecular weight excluding hydrogens is 267 g/mol. The number of benzene rings is 1. The minimum Gasteiger partial charge on any atom is -0.479 e. The highest BCUT2D eigenvalue weighted by atomic mass is 35.5. The van der Waals surface area contributed by atoms with Crippen molar-refractivity contribution in [2.24, 2.45) is 0 Å². The van der Waals surface area contributed by atoms with E-state index in [1.54, 1.807) is 6.92 Å². The van der Waals surface area contributed by atoms with Gasteiger partial charge in [-0.2, -0.15) is 0 Å². The number of ether oxygens (including phenoxy) is 1. The molecule has 17 heavy (non-hydrogen) atoms. The first-order valence-electron chi connectivity index (χ1n) is 4.83. The first-order chi connectivity index (χ1) is 7.99. The van der Waals surface area contributed by atoms with E-state index in [0.29, 0.717) is 6.29 Å². The van der Waals surface area contributed by atoms with E-state index in [-0.39, 0.29) is 27.8 Å². The van der Waals surface area contributed by atoms with E-state index < -0.39 is 12.1 Å². The van der Waals surface area contributed by atoms with Crippen LogP contribution in [0.5, 0.6) is 5.75 Å². The number of hydrogen-bond acceptors (Lipinski definition) is 3. The highest BCUT2D eigenvalue weighted by Crippen LogP contribution is 2.32. The molecule has 1 aromatic carbocycles. The molecule has 0 saturated carbocycles. The summed E-state index contributed by atoms with van der Waals surface area (Å²) in [4.78, 5) is 21.7. The van der Waals surface area contributed by atoms with Gasteiger partial charge in [-0.1, -0.05) is 30.1 Å². The van der Waals surface area contributed by atoms with Crippen LogP contribution in [0.25, 0.3) is 0 Å². The van der Waals surface area contributed by atoms with Gasteiger partial charge < -0.3 is 9.84 Å². The van der Waals surface area contributed by atoms with E-state index in [1.807, 2.05) is 0 Å². The molecule has 0 heterocycles. The summed E-state index contributed by atoms with van der Waals surface area (Å²) in [7, 11) is 0. The number of carboxylic acids is 1. The summed E-state index contributed by atoms with van der Waals surface area (Å²) in [5, 5.41) is 9.26. The third kappa shape index (κ3) is 3.35. The van der Waals surface area contributed by atoms with Crippen molar-refractivity contribution in [1.82, 2.24) is 0 Å². The predicted molar refractivity (Wildman–Crippen MR) is 64.2 cm³/mol. The summed E-state index contributed by atoms with van der Waals surface area (Å²) in [5.74, 6) is -1.07. The number of rotatable bonds is 5. The fraction of sp³-hybridized carbons (Fsp3) is 0.273. The minimum atomic E-state index is -1.12. The lowest BCUT2D eigenvalue weighted by Gasteiger charge is -2.16. The molecule has 4 nitrogen and oxygen atoms in total. The van der Waals surface area contributed by atoms with Crippen LogP contribution in [0.15, 0.2) is 12.1 Å². The molecule has 0 aromatic heterocycles. The van der Waals surface area contributed by atoms with E-state index in [0.717, 1.165) is 0 Å². The van der Waals surface area contributed by atoms with Gasteiger partial charge in [0.05, 0.1) is 10.6 Å². The zero-order chi connectivity index (χ0) is 13.0. The molecule has 6 heteroatoms. The largest absolute Gasteiger partial charge is 0.479 e. The third-order valence-electron chi connectivity index (χ3n) is 2.07. The van der Waals surface area contributed by atoms with Gasteiger partial charge in [0.2, 0.25) is 0 Å². The fourth-order valence-corrected chi connectivity index (χ4v) is 1.80. The van der Waals surface area contributed by atoms with Crippen LogP contribution in [-0.4, -0.2) is 23.5 Å². The highest BCUT2D eigenvalue weighted by molar-refractivity contribution is 6.36. The molecule has 0 bridgehead atoms. The Morgan fingerprint density at radius 3 is 2.65 bits per heavy atom. The van der Waals surface area contributed by atoms with Crippen LogP contribution in [0.2, 0.25) is 10.0 Å². The second-order valence-corrected chi connectivity index (χ2v) is 4.12. The molecule has 0 saturated heterocycles. The molecule has 1 atom stereocenters. The van der Waals surface area contributed by atoms with Crippen molar-refractivity contribution >= 4 is 35.5 Å². The molecular formula is C11H10Cl2O4. The Morgan fingerprint density at radius 2 is 2.18 bits per heavy atom. The maximum absolute atomic E-state index is 10.8. The Labute approximate surface area is 108 Å². The number of aliphatic carboxylic acids is 1. The maximum atomic E-state index is 10.8. The number of carbonyl (C=O) groups is 2. The summed E-state index contributed by atoms with van der Waals surface area (Å²) < 4.78 is 5.21. The maximum Gasteiger partial charge on any atom is 0.344 e. The van der Waals surface area contributed by atoms with Gasteiger partial charge in [-0.3, -0.25) is 4.79 Å². The van der Waals surface area contributed by atoms with Gasteiger partial charge in [-0.25, -0.2) is 4.79 Å². The molecule has 0 aliphatic carbocycles. The smallest absolute Gasteiger partial charge is 0.344 e. The average molecular weight is 277 g/mol. The normalized spacial score (nSPS) is 11.9. The van der Waals surface area contributed by atoms with E-state index >= 15 is 0 Å². The standard InChI is InChI=1S/C11H10Cl2O4/c1-2-9(11(15)16)17-10-6(5-14)3-7(12)4-8(10)13/h3-5,9H,2H2,1H3,(H,15,16). The summed E-state index contributed by atoms with van der Waals surface area (Å²) in [6, 6.07) is 2.75. The number of hydrogen-bond donors (Lipinski definition) is 1. The van der Waals surface area contributed by atoms with Gasteiger partial charge in [-0.15, -0.1) is 0 Å². The summed E-state index contributed by atoms with van der Waals surface area (Å²) >= 11 is 11.6. The number of carboxylic acid groups (broad SMARTS) is 1. The van der Waals surface area contributed by atoms with Gasteiger partial charge in [0.1, 0.15) is 5.75 Å². The average Bonchev–Trinajstić information content (AvgIpc) is 2.26. The van der Waals surface area contributed by atoms with E-state index in [4.69, 9.17) is 33.0 Å². The van der Waals surface area contributed by atoms with Crippen LogP contribution >= 0.6 is 23.2 Å². The van der Waals surface area contributed by atoms with Crippen LogP contribution in [0.4, 0.5) is 0 Å². The lowest BCUT2D eigenvalue weighted by molar-refractivity contribution is -0.145. The van der Waals surface area contributed by atoms with E-state index in [1.165, 1.54) is 12.1 Å². The van der Waals surface area contributed by atoms with Crippen molar-refractivity contribution in [2.75, 3.05) is 0 Å². The SMILES string of the molecule is CCC(Oc1c(Cl)cc(Cl)cc1C=O)C(=O)O. The topological polar surface area (TPSA) is 63.6 Å². The lowest BCUT2D eigenvalue weighted by atomic mass is 10.2. The number of aldehydes is 1. The molecule has 1 N–H and O–H groups in total. The second kappa shape index (κ2) is 5.89. The monoisotopic (exact) mass is 276 g/mol. The molecule has 92 valence electrons. The Bertz CT molecular complexity index is 445. The molecule has 0 radical (unpaired) electrons. The fourth-order valence-electron chi connectivity index (χ4n) is 1.24. The number of halogens is 2. The Morgan fingerprint density at radius 1 is 1.53 bits per heavy atom. The molecule has 0 aliphatic heterocycles. The van der Waals surface area contributed by atoms with Gasteiger partial charge in [0, 0.05) is 5.02 Å². The first-order valence-corrected chi connectivity index (χ1v) is 5.58. The molecule has 0 aliphatic rings. The van der Waals surface area contributed by atoms with Crippen LogP contribution in [0.3, 0.4) is 0 Å². The van der Waals surface area contributed by atoms with Gasteiger partial charge >= 0.3 is 5.97 Å². The molecule has 1 unspecified atom stereocenters. The third-order valence-corrected chi connectivity index (χ3v) is 2.57. The van der Waals surface area contributed by atoms with Crippen molar-refractivity contribution in [3.63, 3.8) is 0 Å². The molecule has 1 aromatic rings. The van der Waals surface area contributed by atoms with Crippen LogP contribution in [-0.2, 0) is 4.79 Å². The molecule has 1 rings (SSSR count). The van der Waals surface area contributed by atoms with E-state index in [9.17, 15) is 9.59 Å². The van der Waals surface area contributed by atoms with Crippen molar-refractivity contribution < 1.29 is 19.4 Å². The predicted octanol–water partition coefficient (Wildman–Crippen LogP) is 3.05. The zero-order valence-corrected chi connectivity index (χ0v) is 10.5. The van der Waals surface area contributed by atoms with E-state index in [2.05, 4.69) is 0 Å². The van der Waals surface area contributed by atoms with Gasteiger partial charge in [0.25, 0.3) is 0 Å². The minimum absolute atomic E-state index is 0.0420.